The fraction of sp³-hybridized carbons (Fsp3) is 0.400. The zero-order valence-corrected chi connectivity index (χ0v) is 16.1. The number of nitrogens with one attached hydrogen (secondary N) is 2. The third kappa shape index (κ3) is 3.88. The molecule has 1 saturated heterocycles. The molecule has 1 aromatic carbocycles. The number of benzene rings is 1. The zero-order valence-electron chi connectivity index (χ0n) is 16.1. The van der Waals surface area contributed by atoms with Crippen LogP contribution in [0.4, 0.5) is 0 Å². The van der Waals surface area contributed by atoms with Gasteiger partial charge in [-0.2, -0.15) is 0 Å². The Hall–Kier alpha value is -2.84. The number of hydrogen-bond acceptors (Lipinski definition) is 6. The maximum absolute atomic E-state index is 12.6. The molecule has 4 rings (SSSR count). The molecule has 1 fully saturated rings. The molecule has 146 valence electrons. The van der Waals surface area contributed by atoms with E-state index in [4.69, 9.17) is 0 Å². The molecule has 8 nitrogen and oxygen atoms in total. The number of amides is 1. The van der Waals surface area contributed by atoms with Crippen LogP contribution in [0.15, 0.2) is 36.7 Å². The summed E-state index contributed by atoms with van der Waals surface area (Å²) in [6, 6.07) is 7.88. The standard InChI is InChI=1S/C20H25N7O/c1-15-19(20(28)23-7-3-11-26-12-9-21-10-13-26)24-25-27(15)18-5-2-4-16-14-22-8-6-17(16)18/h2,4-6,8,14,21H,3,7,9-13H2,1H3,(H,23,28). The van der Waals surface area contributed by atoms with Gasteiger partial charge in [-0.05, 0) is 32.0 Å². The molecule has 8 heteroatoms. The number of aromatic nitrogens is 4. The Balaban J connectivity index is 1.42. The van der Waals surface area contributed by atoms with Crippen molar-refractivity contribution in [3.05, 3.63) is 48.0 Å². The van der Waals surface area contributed by atoms with E-state index >= 15 is 0 Å². The average molecular weight is 379 g/mol. The zero-order chi connectivity index (χ0) is 19.3. The number of hydrogen-bond donors (Lipinski definition) is 2. The maximum atomic E-state index is 12.6. The molecule has 3 aromatic rings. The van der Waals surface area contributed by atoms with Crippen LogP contribution >= 0.6 is 0 Å². The number of nitrogens with zero attached hydrogens (tertiary/aromatic N) is 5. The third-order valence-electron chi connectivity index (χ3n) is 5.14. The van der Waals surface area contributed by atoms with Crippen LogP contribution in [0.3, 0.4) is 0 Å². The van der Waals surface area contributed by atoms with E-state index < -0.39 is 0 Å². The molecule has 2 N–H and O–H groups in total. The minimum atomic E-state index is -0.175. The molecule has 0 bridgehead atoms. The van der Waals surface area contributed by atoms with E-state index in [2.05, 4.69) is 30.8 Å². The fourth-order valence-electron chi connectivity index (χ4n) is 3.58. The summed E-state index contributed by atoms with van der Waals surface area (Å²) in [6.45, 7) is 7.73. The van der Waals surface area contributed by atoms with Gasteiger partial charge in [-0.1, -0.05) is 17.3 Å². The summed E-state index contributed by atoms with van der Waals surface area (Å²) in [4.78, 5) is 19.1. The Morgan fingerprint density at radius 1 is 1.25 bits per heavy atom. The second-order valence-electron chi connectivity index (χ2n) is 7.01. The molecule has 0 aliphatic carbocycles. The first-order chi connectivity index (χ1) is 13.7. The highest BCUT2D eigenvalue weighted by atomic mass is 16.2. The van der Waals surface area contributed by atoms with E-state index in [9.17, 15) is 4.79 Å². The Morgan fingerprint density at radius 3 is 2.96 bits per heavy atom. The summed E-state index contributed by atoms with van der Waals surface area (Å²) in [6.07, 6.45) is 4.50. The lowest BCUT2D eigenvalue weighted by atomic mass is 10.1. The molecule has 0 spiro atoms. The number of rotatable bonds is 6. The molecular weight excluding hydrogens is 354 g/mol. The summed E-state index contributed by atoms with van der Waals surface area (Å²) in [5, 5.41) is 16.7. The topological polar surface area (TPSA) is 88.0 Å². The van der Waals surface area contributed by atoms with E-state index in [0.29, 0.717) is 12.2 Å². The van der Waals surface area contributed by atoms with Crippen molar-refractivity contribution >= 4 is 16.7 Å². The third-order valence-corrected chi connectivity index (χ3v) is 5.14. The van der Waals surface area contributed by atoms with Crippen molar-refractivity contribution in [2.75, 3.05) is 39.3 Å². The van der Waals surface area contributed by atoms with E-state index in [1.54, 1.807) is 10.9 Å². The molecule has 3 heterocycles. The number of carbonyl (C=O) groups excluding carboxylic acids is 1. The minimum absolute atomic E-state index is 0.175. The lowest BCUT2D eigenvalue weighted by Crippen LogP contribution is -2.44. The Bertz CT molecular complexity index is 957. The van der Waals surface area contributed by atoms with Gasteiger partial charge in [0.05, 0.1) is 11.4 Å². The quantitative estimate of drug-likeness (QED) is 0.625. The van der Waals surface area contributed by atoms with Gasteiger partial charge in [0.15, 0.2) is 5.69 Å². The summed E-state index contributed by atoms with van der Waals surface area (Å²) in [7, 11) is 0. The van der Waals surface area contributed by atoms with Gasteiger partial charge >= 0.3 is 0 Å². The van der Waals surface area contributed by atoms with Gasteiger partial charge in [0.1, 0.15) is 0 Å². The summed E-state index contributed by atoms with van der Waals surface area (Å²) >= 11 is 0. The van der Waals surface area contributed by atoms with Gasteiger partial charge in [0.2, 0.25) is 0 Å². The van der Waals surface area contributed by atoms with Crippen LogP contribution in [-0.4, -0.2) is 70.1 Å². The van der Waals surface area contributed by atoms with Gasteiger partial charge in [0.25, 0.3) is 5.91 Å². The lowest BCUT2D eigenvalue weighted by molar-refractivity contribution is 0.0945. The molecule has 0 saturated carbocycles. The summed E-state index contributed by atoms with van der Waals surface area (Å²) in [5.41, 5.74) is 1.99. The van der Waals surface area contributed by atoms with Crippen molar-refractivity contribution in [1.29, 1.82) is 0 Å². The molecule has 1 aliphatic heterocycles. The Kier molecular flexibility index (Phi) is 5.59. The fourth-order valence-corrected chi connectivity index (χ4v) is 3.58. The Labute approximate surface area is 163 Å². The van der Waals surface area contributed by atoms with Crippen LogP contribution in [0, 0.1) is 6.92 Å². The second-order valence-corrected chi connectivity index (χ2v) is 7.01. The van der Waals surface area contributed by atoms with Crippen LogP contribution < -0.4 is 10.6 Å². The predicted molar refractivity (Wildman–Crippen MR) is 108 cm³/mol. The highest BCUT2D eigenvalue weighted by molar-refractivity contribution is 5.94. The van der Waals surface area contributed by atoms with Gasteiger partial charge in [-0.15, -0.1) is 5.10 Å². The minimum Gasteiger partial charge on any atom is -0.351 e. The molecule has 0 unspecified atom stereocenters. The molecule has 1 aliphatic rings. The summed E-state index contributed by atoms with van der Waals surface area (Å²) < 4.78 is 1.72. The van der Waals surface area contributed by atoms with Gasteiger partial charge in [-0.25, -0.2) is 4.68 Å². The van der Waals surface area contributed by atoms with E-state index in [0.717, 1.165) is 61.3 Å². The Morgan fingerprint density at radius 2 is 2.11 bits per heavy atom. The molecular formula is C20H25N7O. The van der Waals surface area contributed by atoms with Crippen molar-refractivity contribution in [3.8, 4) is 5.69 Å². The van der Waals surface area contributed by atoms with Crippen molar-refractivity contribution in [3.63, 3.8) is 0 Å². The van der Waals surface area contributed by atoms with Crippen LogP contribution in [0.25, 0.3) is 16.5 Å². The van der Waals surface area contributed by atoms with Gasteiger partial charge in [-0.3, -0.25) is 9.78 Å². The highest BCUT2D eigenvalue weighted by Gasteiger charge is 2.18. The van der Waals surface area contributed by atoms with Crippen LogP contribution in [0.2, 0.25) is 0 Å². The van der Waals surface area contributed by atoms with Crippen LogP contribution in [0.1, 0.15) is 22.6 Å². The maximum Gasteiger partial charge on any atom is 0.273 e. The summed E-state index contributed by atoms with van der Waals surface area (Å²) in [5.74, 6) is -0.175. The molecule has 1 amide bonds. The molecule has 0 radical (unpaired) electrons. The predicted octanol–water partition coefficient (Wildman–Crippen LogP) is 1.15. The smallest absolute Gasteiger partial charge is 0.273 e. The molecule has 2 aromatic heterocycles. The SMILES string of the molecule is Cc1c(C(=O)NCCCN2CCNCC2)nnn1-c1cccc2cnccc12. The largest absolute Gasteiger partial charge is 0.351 e. The van der Waals surface area contributed by atoms with E-state index in [-0.39, 0.29) is 5.91 Å². The van der Waals surface area contributed by atoms with Crippen molar-refractivity contribution in [2.45, 2.75) is 13.3 Å². The van der Waals surface area contributed by atoms with Crippen molar-refractivity contribution in [1.82, 2.24) is 35.5 Å². The highest BCUT2D eigenvalue weighted by Crippen LogP contribution is 2.22. The normalized spacial score (nSPS) is 15.0. The first-order valence-corrected chi connectivity index (χ1v) is 9.71. The lowest BCUT2D eigenvalue weighted by Gasteiger charge is -2.26. The van der Waals surface area contributed by atoms with Crippen molar-refractivity contribution in [2.24, 2.45) is 0 Å². The van der Waals surface area contributed by atoms with Gasteiger partial charge in [0, 0.05) is 55.9 Å². The average Bonchev–Trinajstić information content (AvgIpc) is 3.12. The number of carbonyl (C=O) groups is 1. The monoisotopic (exact) mass is 379 g/mol. The number of piperazine rings is 1. The van der Waals surface area contributed by atoms with Crippen molar-refractivity contribution < 1.29 is 4.79 Å². The first-order valence-electron chi connectivity index (χ1n) is 9.71. The molecule has 0 atom stereocenters. The van der Waals surface area contributed by atoms with E-state index in [1.165, 1.54) is 0 Å². The molecule has 28 heavy (non-hydrogen) atoms. The van der Waals surface area contributed by atoms with Crippen LogP contribution in [-0.2, 0) is 0 Å². The second kappa shape index (κ2) is 8.45. The van der Waals surface area contributed by atoms with Crippen LogP contribution in [0.5, 0.6) is 0 Å². The van der Waals surface area contributed by atoms with Gasteiger partial charge < -0.3 is 15.5 Å². The number of fused-ring (bicyclic) bond motifs is 1. The van der Waals surface area contributed by atoms with E-state index in [1.807, 2.05) is 37.4 Å². The number of pyridine rings is 1. The first kappa shape index (κ1) is 18.5.